The molecule has 1 aliphatic heterocycles. The number of H-pyrrole nitrogens is 1. The molecule has 5 rings (SSSR count). The zero-order chi connectivity index (χ0) is 19.3. The van der Waals surface area contributed by atoms with Crippen molar-refractivity contribution in [3.05, 3.63) is 29.0 Å². The third-order valence-electron chi connectivity index (χ3n) is 4.29. The van der Waals surface area contributed by atoms with E-state index < -0.39 is 12.7 Å². The number of hydrogen-bond acceptors (Lipinski definition) is 8. The molecule has 1 unspecified atom stereocenters. The summed E-state index contributed by atoms with van der Waals surface area (Å²) >= 11 is 1.58. The van der Waals surface area contributed by atoms with Gasteiger partial charge in [0.1, 0.15) is 6.54 Å². The lowest BCUT2D eigenvalue weighted by atomic mass is 10.1. The number of fused-ring (bicyclic) bond motifs is 2. The molecule has 0 saturated carbocycles. The number of aromatic amines is 1. The van der Waals surface area contributed by atoms with Gasteiger partial charge in [0.15, 0.2) is 5.65 Å². The number of nitrogens with one attached hydrogen (secondary N) is 1. The third-order valence-corrected chi connectivity index (χ3v) is 5.34. The molecule has 13 heteroatoms. The van der Waals surface area contributed by atoms with Crippen LogP contribution in [-0.2, 0) is 6.54 Å². The number of rotatable bonds is 4. The molecular weight excluding hydrogens is 395 g/mol. The minimum atomic E-state index is -4.30. The minimum Gasteiger partial charge on any atom is -0.287 e. The summed E-state index contributed by atoms with van der Waals surface area (Å²) in [5, 5.41) is 19.8. The van der Waals surface area contributed by atoms with E-state index in [-0.39, 0.29) is 12.5 Å². The smallest absolute Gasteiger partial charge is 0.287 e. The summed E-state index contributed by atoms with van der Waals surface area (Å²) in [7, 11) is 0. The Labute approximate surface area is 158 Å². The van der Waals surface area contributed by atoms with Gasteiger partial charge < -0.3 is 0 Å². The van der Waals surface area contributed by atoms with Gasteiger partial charge in [-0.2, -0.15) is 23.4 Å². The second-order valence-corrected chi connectivity index (χ2v) is 7.55. The summed E-state index contributed by atoms with van der Waals surface area (Å²) in [4.78, 5) is 9.84. The Balaban J connectivity index is 1.39. The molecule has 144 valence electrons. The van der Waals surface area contributed by atoms with Gasteiger partial charge in [-0.3, -0.25) is 10.1 Å². The number of alkyl halides is 3. The number of hydrazone groups is 1. The summed E-state index contributed by atoms with van der Waals surface area (Å²) in [5.41, 5.74) is 2.35. The second kappa shape index (κ2) is 6.22. The van der Waals surface area contributed by atoms with Crippen LogP contribution in [0.3, 0.4) is 0 Å². The predicted octanol–water partition coefficient (Wildman–Crippen LogP) is 2.15. The molecule has 4 aromatic rings. The molecular formula is C15H12F3N9S. The van der Waals surface area contributed by atoms with Crippen molar-refractivity contribution in [2.24, 2.45) is 5.10 Å². The number of aromatic nitrogens is 7. The summed E-state index contributed by atoms with van der Waals surface area (Å²) < 4.78 is 40.3. The van der Waals surface area contributed by atoms with E-state index in [2.05, 4.69) is 35.6 Å². The van der Waals surface area contributed by atoms with E-state index >= 15 is 0 Å². The van der Waals surface area contributed by atoms with E-state index in [1.807, 2.05) is 6.07 Å². The molecule has 0 fully saturated rings. The van der Waals surface area contributed by atoms with Crippen molar-refractivity contribution in [3.8, 4) is 0 Å². The highest BCUT2D eigenvalue weighted by Crippen LogP contribution is 2.26. The second-order valence-electron chi connectivity index (χ2n) is 6.38. The highest BCUT2D eigenvalue weighted by atomic mass is 32.1. The number of halogens is 3. The summed E-state index contributed by atoms with van der Waals surface area (Å²) in [6.07, 6.45) is 0.428. The van der Waals surface area contributed by atoms with Crippen molar-refractivity contribution in [3.63, 3.8) is 0 Å². The molecule has 1 N–H and O–H groups in total. The van der Waals surface area contributed by atoms with Gasteiger partial charge in [-0.15, -0.1) is 16.4 Å². The van der Waals surface area contributed by atoms with Crippen LogP contribution in [0.1, 0.15) is 16.5 Å². The predicted molar refractivity (Wildman–Crippen MR) is 95.1 cm³/mol. The van der Waals surface area contributed by atoms with Crippen LogP contribution >= 0.6 is 11.3 Å². The molecule has 9 nitrogen and oxygen atoms in total. The maximum Gasteiger partial charge on any atom is 0.407 e. The molecule has 0 aliphatic carbocycles. The van der Waals surface area contributed by atoms with Crippen LogP contribution in [0, 0.1) is 0 Å². The lowest BCUT2D eigenvalue weighted by molar-refractivity contribution is -0.144. The van der Waals surface area contributed by atoms with Gasteiger partial charge in [0, 0.05) is 17.6 Å². The average molecular weight is 407 g/mol. The molecule has 0 bridgehead atoms. The number of nitrogens with zero attached hydrogens (tertiary/aromatic N) is 8. The van der Waals surface area contributed by atoms with E-state index in [1.165, 1.54) is 12.4 Å². The monoisotopic (exact) mass is 407 g/mol. The van der Waals surface area contributed by atoms with Gasteiger partial charge >= 0.3 is 6.18 Å². The highest BCUT2D eigenvalue weighted by Gasteiger charge is 2.33. The quantitative estimate of drug-likeness (QED) is 0.556. The lowest BCUT2D eigenvalue weighted by Gasteiger charge is -2.17. The first-order chi connectivity index (χ1) is 13.4. The van der Waals surface area contributed by atoms with Crippen LogP contribution in [0.2, 0.25) is 0 Å². The van der Waals surface area contributed by atoms with Crippen molar-refractivity contribution in [2.45, 2.75) is 18.6 Å². The lowest BCUT2D eigenvalue weighted by Crippen LogP contribution is -2.30. The normalized spacial score (nSPS) is 17.4. The van der Waals surface area contributed by atoms with Crippen LogP contribution in [0.4, 0.5) is 13.2 Å². The molecule has 28 heavy (non-hydrogen) atoms. The minimum absolute atomic E-state index is 0.101. The Bertz CT molecular complexity index is 1150. The molecule has 0 saturated heterocycles. The summed E-state index contributed by atoms with van der Waals surface area (Å²) in [6.45, 7) is -0.528. The first kappa shape index (κ1) is 17.0. The van der Waals surface area contributed by atoms with Crippen molar-refractivity contribution >= 4 is 39.1 Å². The van der Waals surface area contributed by atoms with Crippen LogP contribution in [-0.4, -0.2) is 65.6 Å². The van der Waals surface area contributed by atoms with E-state index in [1.54, 1.807) is 22.2 Å². The molecule has 4 aromatic heterocycles. The zero-order valence-electron chi connectivity index (χ0n) is 14.1. The fraction of sp³-hybridized carbons (Fsp3) is 0.333. The van der Waals surface area contributed by atoms with Crippen LogP contribution in [0.25, 0.3) is 21.5 Å². The Hall–Kier alpha value is -3.09. The fourth-order valence-electron chi connectivity index (χ4n) is 3.06. The maximum atomic E-state index is 12.5. The first-order valence-electron chi connectivity index (χ1n) is 8.28. The Kier molecular flexibility index (Phi) is 3.79. The Morgan fingerprint density at radius 2 is 2.18 bits per heavy atom. The topological polar surface area (TPSA) is 101 Å². The van der Waals surface area contributed by atoms with Crippen molar-refractivity contribution in [1.29, 1.82) is 0 Å². The van der Waals surface area contributed by atoms with Crippen LogP contribution in [0.15, 0.2) is 23.6 Å². The van der Waals surface area contributed by atoms with Gasteiger partial charge in [0.2, 0.25) is 5.65 Å². The molecule has 0 amide bonds. The highest BCUT2D eigenvalue weighted by molar-refractivity contribution is 7.19. The van der Waals surface area contributed by atoms with Crippen LogP contribution in [0.5, 0.6) is 0 Å². The summed E-state index contributed by atoms with van der Waals surface area (Å²) in [6, 6.07) is 1.98. The standard InChI is InChI=1S/C15H12F3N9S/c16-15(17,18)7-26-5-8(2-21-26)11-3-19-13-14(22-11)27(25-24-13)6-9-1-10-12(28-9)4-20-23-10/h1-4,8H,5-7H2,(H,20,23). The Morgan fingerprint density at radius 1 is 1.29 bits per heavy atom. The van der Waals surface area contributed by atoms with Gasteiger partial charge in [0.25, 0.3) is 0 Å². The Morgan fingerprint density at radius 3 is 3.00 bits per heavy atom. The number of hydrogen-bond donors (Lipinski definition) is 1. The van der Waals surface area contributed by atoms with Crippen LogP contribution < -0.4 is 0 Å². The van der Waals surface area contributed by atoms with Crippen molar-refractivity contribution in [1.82, 2.24) is 40.2 Å². The van der Waals surface area contributed by atoms with Crippen molar-refractivity contribution < 1.29 is 13.2 Å². The molecule has 0 aromatic carbocycles. The first-order valence-corrected chi connectivity index (χ1v) is 9.10. The molecule has 1 aliphatic rings. The van der Waals surface area contributed by atoms with Gasteiger partial charge in [-0.1, -0.05) is 5.21 Å². The van der Waals surface area contributed by atoms with E-state index in [4.69, 9.17) is 0 Å². The molecule has 5 heterocycles. The van der Waals surface area contributed by atoms with Gasteiger partial charge in [-0.25, -0.2) is 14.6 Å². The van der Waals surface area contributed by atoms with Gasteiger partial charge in [-0.05, 0) is 6.07 Å². The SMILES string of the molecule is FC(F)(F)CN1CC(c2cnc3nnn(Cc4cc5[nH]ncc5s4)c3n2)C=N1. The number of thiophene rings is 1. The molecule has 1 atom stereocenters. The van der Waals surface area contributed by atoms with E-state index in [0.717, 1.165) is 20.1 Å². The van der Waals surface area contributed by atoms with Crippen molar-refractivity contribution in [2.75, 3.05) is 13.1 Å². The third kappa shape index (κ3) is 3.17. The van der Waals surface area contributed by atoms with E-state index in [9.17, 15) is 13.2 Å². The summed E-state index contributed by atoms with van der Waals surface area (Å²) in [5.74, 6) is -0.367. The largest absolute Gasteiger partial charge is 0.407 e. The molecule has 0 radical (unpaired) electrons. The zero-order valence-corrected chi connectivity index (χ0v) is 14.9. The van der Waals surface area contributed by atoms with E-state index in [0.29, 0.717) is 23.5 Å². The molecule has 0 spiro atoms. The maximum absolute atomic E-state index is 12.5. The average Bonchev–Trinajstić information content (AvgIpc) is 3.37. The van der Waals surface area contributed by atoms with Gasteiger partial charge in [0.05, 0.1) is 40.8 Å². The fourth-order valence-corrected chi connectivity index (χ4v) is 4.03.